The highest BCUT2D eigenvalue weighted by Gasteiger charge is 2.71. The number of rotatable bonds is 5. The van der Waals surface area contributed by atoms with Crippen LogP contribution in [0.4, 0.5) is 32.0 Å². The third kappa shape index (κ3) is 4.95. The summed E-state index contributed by atoms with van der Waals surface area (Å²) in [5.41, 5.74) is 0.0650. The molecule has 1 saturated heterocycles. The van der Waals surface area contributed by atoms with Crippen LogP contribution in [0.25, 0.3) is 0 Å². The van der Waals surface area contributed by atoms with Crippen LogP contribution in [0, 0.1) is 0 Å². The van der Waals surface area contributed by atoms with Gasteiger partial charge in [0.25, 0.3) is 5.60 Å². The lowest BCUT2D eigenvalue weighted by molar-refractivity contribution is -0.376. The summed E-state index contributed by atoms with van der Waals surface area (Å²) in [5, 5.41) is 9.45. The van der Waals surface area contributed by atoms with E-state index in [1.807, 2.05) is 4.90 Å². The highest BCUT2D eigenvalue weighted by Crippen LogP contribution is 2.49. The van der Waals surface area contributed by atoms with Gasteiger partial charge in [-0.3, -0.25) is 4.90 Å². The van der Waals surface area contributed by atoms with Gasteiger partial charge in [0.05, 0.1) is 4.90 Å². The van der Waals surface area contributed by atoms with Gasteiger partial charge < -0.3 is 10.8 Å². The van der Waals surface area contributed by atoms with Gasteiger partial charge in [0, 0.05) is 44.0 Å². The summed E-state index contributed by atoms with van der Waals surface area (Å²) in [6, 6.07) is 9.22. The predicted octanol–water partition coefficient (Wildman–Crippen LogP) is 3.09. The van der Waals surface area contributed by atoms with Gasteiger partial charge in [0.2, 0.25) is 10.0 Å². The molecule has 33 heavy (non-hydrogen) atoms. The average Bonchev–Trinajstić information content (AvgIpc) is 2.72. The smallest absolute Gasteiger partial charge is 0.399 e. The Morgan fingerprint density at radius 2 is 1.42 bits per heavy atom. The number of halogens is 6. The maximum Gasteiger partial charge on any atom is 0.430 e. The maximum atomic E-state index is 13.0. The Kier molecular flexibility index (Phi) is 6.72. The van der Waals surface area contributed by atoms with E-state index in [0.717, 1.165) is 12.1 Å². The highest BCUT2D eigenvalue weighted by atomic mass is 32.2. The molecule has 1 fully saturated rings. The molecule has 13 heteroatoms. The molecule has 0 saturated carbocycles. The zero-order valence-electron chi connectivity index (χ0n) is 17.1. The number of sulfonamides is 1. The number of piperazine rings is 1. The second-order valence-electron chi connectivity index (χ2n) is 7.66. The number of aliphatic hydroxyl groups is 1. The monoisotopic (exact) mass is 497 g/mol. The number of anilines is 1. The zero-order valence-corrected chi connectivity index (χ0v) is 17.9. The van der Waals surface area contributed by atoms with Crippen LogP contribution < -0.4 is 5.73 Å². The van der Waals surface area contributed by atoms with Gasteiger partial charge in [-0.2, -0.15) is 30.6 Å². The van der Waals surface area contributed by atoms with Crippen molar-refractivity contribution in [2.45, 2.75) is 29.4 Å². The molecule has 2 aromatic rings. The molecule has 0 aromatic heterocycles. The van der Waals surface area contributed by atoms with Gasteiger partial charge in [0.15, 0.2) is 0 Å². The van der Waals surface area contributed by atoms with Crippen molar-refractivity contribution in [3.63, 3.8) is 0 Å². The van der Waals surface area contributed by atoms with E-state index in [1.54, 1.807) is 6.07 Å². The molecule has 0 unspecified atom stereocenters. The fourth-order valence-corrected chi connectivity index (χ4v) is 5.03. The fraction of sp³-hybridized carbons (Fsp3) is 0.400. The lowest BCUT2D eigenvalue weighted by atomic mass is 9.91. The van der Waals surface area contributed by atoms with Crippen LogP contribution in [0.5, 0.6) is 0 Å². The third-order valence-electron chi connectivity index (χ3n) is 5.43. The number of hydrogen-bond acceptors (Lipinski definition) is 5. The van der Waals surface area contributed by atoms with E-state index < -0.39 is 33.5 Å². The summed E-state index contributed by atoms with van der Waals surface area (Å²) in [6.45, 7) is 1.09. The molecule has 182 valence electrons. The van der Waals surface area contributed by atoms with Crippen molar-refractivity contribution in [2.24, 2.45) is 0 Å². The van der Waals surface area contributed by atoms with E-state index in [2.05, 4.69) is 0 Å². The van der Waals surface area contributed by atoms with Gasteiger partial charge in [-0.15, -0.1) is 0 Å². The van der Waals surface area contributed by atoms with Crippen molar-refractivity contribution >= 4 is 15.7 Å². The summed E-state index contributed by atoms with van der Waals surface area (Å²) in [6.07, 6.45) is -11.9. The number of nitrogens with zero attached hydrogens (tertiary/aromatic N) is 2. The SMILES string of the molecule is Nc1cccc(S(=O)(=O)N2CCN(Cc3ccc(C(O)(C(F)(F)F)C(F)(F)F)cc3)CC2)c1. The summed E-state index contributed by atoms with van der Waals surface area (Å²) in [5.74, 6) is 0. The van der Waals surface area contributed by atoms with Crippen molar-refractivity contribution in [1.29, 1.82) is 0 Å². The van der Waals surface area contributed by atoms with Crippen LogP contribution in [0.1, 0.15) is 11.1 Å². The van der Waals surface area contributed by atoms with Crippen LogP contribution in [0.15, 0.2) is 53.4 Å². The van der Waals surface area contributed by atoms with Gasteiger partial charge in [0.1, 0.15) is 0 Å². The van der Waals surface area contributed by atoms with Crippen molar-refractivity contribution in [2.75, 3.05) is 31.9 Å². The van der Waals surface area contributed by atoms with Crippen LogP contribution in [0.2, 0.25) is 0 Å². The molecule has 0 atom stereocenters. The third-order valence-corrected chi connectivity index (χ3v) is 7.32. The summed E-state index contributed by atoms with van der Waals surface area (Å²) < 4.78 is 105. The average molecular weight is 497 g/mol. The molecule has 0 aliphatic carbocycles. The fourth-order valence-electron chi connectivity index (χ4n) is 3.55. The molecule has 0 spiro atoms. The van der Waals surface area contributed by atoms with E-state index in [-0.39, 0.29) is 24.5 Å². The minimum atomic E-state index is -5.95. The van der Waals surface area contributed by atoms with Gasteiger partial charge >= 0.3 is 12.4 Å². The molecule has 1 aliphatic rings. The van der Waals surface area contributed by atoms with Crippen LogP contribution >= 0.6 is 0 Å². The lowest BCUT2D eigenvalue weighted by Gasteiger charge is -2.34. The van der Waals surface area contributed by atoms with Crippen LogP contribution in [-0.4, -0.2) is 61.3 Å². The molecular formula is C20H21F6N3O3S. The Hall–Kier alpha value is -2.35. The Balaban J connectivity index is 1.67. The Bertz CT molecular complexity index is 1070. The summed E-state index contributed by atoms with van der Waals surface area (Å²) >= 11 is 0. The van der Waals surface area contributed by atoms with E-state index in [9.17, 15) is 39.9 Å². The number of hydrogen-bond donors (Lipinski definition) is 2. The van der Waals surface area contributed by atoms with E-state index in [0.29, 0.717) is 36.5 Å². The van der Waals surface area contributed by atoms with Crippen molar-refractivity contribution in [1.82, 2.24) is 9.21 Å². The number of nitrogens with two attached hydrogens (primary N) is 1. The minimum Gasteiger partial charge on any atom is -0.399 e. The largest absolute Gasteiger partial charge is 0.430 e. The molecule has 6 nitrogen and oxygen atoms in total. The Labute approximate surface area is 186 Å². The van der Waals surface area contributed by atoms with Crippen molar-refractivity contribution in [3.05, 3.63) is 59.7 Å². The van der Waals surface area contributed by atoms with Gasteiger partial charge in [-0.25, -0.2) is 8.42 Å². The Morgan fingerprint density at radius 1 is 0.879 bits per heavy atom. The predicted molar refractivity (Wildman–Crippen MR) is 107 cm³/mol. The van der Waals surface area contributed by atoms with E-state index >= 15 is 0 Å². The van der Waals surface area contributed by atoms with Crippen LogP contribution in [-0.2, 0) is 22.2 Å². The highest BCUT2D eigenvalue weighted by molar-refractivity contribution is 7.89. The summed E-state index contributed by atoms with van der Waals surface area (Å²) in [7, 11) is -3.74. The van der Waals surface area contributed by atoms with Gasteiger partial charge in [-0.1, -0.05) is 30.3 Å². The van der Waals surface area contributed by atoms with E-state index in [4.69, 9.17) is 5.73 Å². The van der Waals surface area contributed by atoms with E-state index in [1.165, 1.54) is 22.5 Å². The standard InChI is InChI=1S/C20H21F6N3O3S/c21-19(22,23)18(30,20(24,25)26)15-6-4-14(5-7-15)13-28-8-10-29(11-9-28)33(31,32)17-3-1-2-16(27)12-17/h1-7,12,30H,8-11,13,27H2. The normalized spacial score (nSPS) is 17.3. The molecule has 2 aromatic carbocycles. The lowest BCUT2D eigenvalue weighted by Crippen LogP contribution is -2.53. The molecule has 3 N–H and O–H groups in total. The summed E-state index contributed by atoms with van der Waals surface area (Å²) in [4.78, 5) is 1.88. The Morgan fingerprint density at radius 3 is 1.91 bits per heavy atom. The van der Waals surface area contributed by atoms with Crippen molar-refractivity contribution in [3.8, 4) is 0 Å². The molecule has 0 bridgehead atoms. The first-order valence-corrected chi connectivity index (χ1v) is 11.1. The zero-order chi connectivity index (χ0) is 24.7. The number of alkyl halides is 6. The molecular weight excluding hydrogens is 476 g/mol. The van der Waals surface area contributed by atoms with Crippen LogP contribution in [0.3, 0.4) is 0 Å². The van der Waals surface area contributed by atoms with Crippen molar-refractivity contribution < 1.29 is 39.9 Å². The topological polar surface area (TPSA) is 86.9 Å². The molecule has 3 rings (SSSR count). The second kappa shape index (κ2) is 8.78. The quantitative estimate of drug-likeness (QED) is 0.490. The number of nitrogen functional groups attached to an aromatic ring is 1. The first kappa shape index (κ1) is 25.3. The molecule has 1 heterocycles. The number of benzene rings is 2. The maximum absolute atomic E-state index is 13.0. The minimum absolute atomic E-state index is 0.0633. The first-order valence-electron chi connectivity index (χ1n) is 9.69. The second-order valence-corrected chi connectivity index (χ2v) is 9.59. The molecule has 0 amide bonds. The first-order chi connectivity index (χ1) is 15.2. The van der Waals surface area contributed by atoms with Gasteiger partial charge in [-0.05, 0) is 23.8 Å². The molecule has 0 radical (unpaired) electrons. The molecule has 1 aliphatic heterocycles.